The van der Waals surface area contributed by atoms with Gasteiger partial charge in [0.15, 0.2) is 0 Å². The molecule has 0 saturated heterocycles. The number of halogens is 1. The summed E-state index contributed by atoms with van der Waals surface area (Å²) >= 11 is 5.82. The summed E-state index contributed by atoms with van der Waals surface area (Å²) in [5.74, 6) is -0.354. The highest BCUT2D eigenvalue weighted by Gasteiger charge is 2.38. The molecule has 1 aliphatic rings. The second-order valence-electron chi connectivity index (χ2n) is 6.88. The van der Waals surface area contributed by atoms with E-state index in [1.165, 1.54) is 0 Å². The summed E-state index contributed by atoms with van der Waals surface area (Å²) in [6.45, 7) is 0.176. The standard InChI is InChI=1S/C19H25ClN4O2/c1-23(12-17(25)22-16-8-6-15(20)7-9-16)13-18(26)24(2)19(14-21)10-4-3-5-11-19/h6-9H,3-5,10-13H2,1-2H3,(H,22,25). The molecule has 2 rings (SSSR count). The zero-order chi connectivity index (χ0) is 19.2. The fraction of sp³-hybridized carbons (Fsp3) is 0.526. The van der Waals surface area contributed by atoms with E-state index in [-0.39, 0.29) is 24.9 Å². The molecule has 2 amide bonds. The molecule has 1 N–H and O–H groups in total. The van der Waals surface area contributed by atoms with Crippen molar-refractivity contribution in [3.63, 3.8) is 0 Å². The number of anilines is 1. The molecule has 7 heteroatoms. The maximum atomic E-state index is 12.6. The van der Waals surface area contributed by atoms with E-state index in [2.05, 4.69) is 11.4 Å². The molecule has 1 aliphatic carbocycles. The van der Waals surface area contributed by atoms with Gasteiger partial charge in [-0.25, -0.2) is 0 Å². The van der Waals surface area contributed by atoms with Crippen molar-refractivity contribution < 1.29 is 9.59 Å². The van der Waals surface area contributed by atoms with Crippen LogP contribution < -0.4 is 5.32 Å². The van der Waals surface area contributed by atoms with E-state index in [4.69, 9.17) is 11.6 Å². The van der Waals surface area contributed by atoms with Crippen molar-refractivity contribution in [2.75, 3.05) is 32.5 Å². The number of carbonyl (C=O) groups excluding carboxylic acids is 2. The van der Waals surface area contributed by atoms with Crippen LogP contribution in [0, 0.1) is 11.3 Å². The third-order valence-electron chi connectivity index (χ3n) is 4.85. The molecule has 1 aromatic carbocycles. The Balaban J connectivity index is 1.86. The maximum absolute atomic E-state index is 12.6. The second kappa shape index (κ2) is 9.02. The number of likely N-dealkylation sites (N-methyl/N-ethyl adjacent to an activating group) is 2. The first kappa shape index (κ1) is 20.2. The van der Waals surface area contributed by atoms with E-state index >= 15 is 0 Å². The highest BCUT2D eigenvalue weighted by Crippen LogP contribution is 2.32. The third-order valence-corrected chi connectivity index (χ3v) is 5.10. The highest BCUT2D eigenvalue weighted by atomic mass is 35.5. The van der Waals surface area contributed by atoms with Gasteiger partial charge < -0.3 is 10.2 Å². The molecule has 0 atom stereocenters. The van der Waals surface area contributed by atoms with E-state index < -0.39 is 5.54 Å². The van der Waals surface area contributed by atoms with Crippen molar-refractivity contribution in [3.8, 4) is 6.07 Å². The molecule has 0 unspecified atom stereocenters. The average molecular weight is 377 g/mol. The maximum Gasteiger partial charge on any atom is 0.238 e. The minimum atomic E-state index is -0.707. The summed E-state index contributed by atoms with van der Waals surface area (Å²) in [6, 6.07) is 9.19. The number of nitrogens with one attached hydrogen (secondary N) is 1. The Bertz CT molecular complexity index is 678. The van der Waals surface area contributed by atoms with Crippen LogP contribution in [0.1, 0.15) is 32.1 Å². The molecule has 140 valence electrons. The van der Waals surface area contributed by atoms with Gasteiger partial charge in [0.25, 0.3) is 0 Å². The summed E-state index contributed by atoms with van der Waals surface area (Å²) < 4.78 is 0. The molecule has 0 bridgehead atoms. The van der Waals surface area contributed by atoms with E-state index in [0.29, 0.717) is 23.6 Å². The molecular formula is C19H25ClN4O2. The van der Waals surface area contributed by atoms with Crippen LogP contribution in [0.15, 0.2) is 24.3 Å². The average Bonchev–Trinajstić information content (AvgIpc) is 2.63. The lowest BCUT2D eigenvalue weighted by atomic mass is 9.81. The van der Waals surface area contributed by atoms with Crippen molar-refractivity contribution in [1.29, 1.82) is 5.26 Å². The Hall–Kier alpha value is -2.10. The number of carbonyl (C=O) groups is 2. The Kier molecular flexibility index (Phi) is 7.01. The third kappa shape index (κ3) is 5.20. The number of nitrogens with zero attached hydrogens (tertiary/aromatic N) is 3. The van der Waals surface area contributed by atoms with Gasteiger partial charge in [-0.2, -0.15) is 5.26 Å². The van der Waals surface area contributed by atoms with Gasteiger partial charge in [-0.15, -0.1) is 0 Å². The van der Waals surface area contributed by atoms with E-state index in [0.717, 1.165) is 19.3 Å². The zero-order valence-electron chi connectivity index (χ0n) is 15.3. The van der Waals surface area contributed by atoms with Gasteiger partial charge in [-0.05, 0) is 44.2 Å². The van der Waals surface area contributed by atoms with Crippen molar-refractivity contribution in [1.82, 2.24) is 9.80 Å². The predicted molar refractivity (Wildman–Crippen MR) is 102 cm³/mol. The van der Waals surface area contributed by atoms with Gasteiger partial charge in [0, 0.05) is 17.8 Å². The lowest BCUT2D eigenvalue weighted by Crippen LogP contribution is -2.52. The Morgan fingerprint density at radius 3 is 2.35 bits per heavy atom. The van der Waals surface area contributed by atoms with Crippen LogP contribution in [-0.2, 0) is 9.59 Å². The van der Waals surface area contributed by atoms with E-state index in [9.17, 15) is 14.9 Å². The molecule has 1 fully saturated rings. The summed E-state index contributed by atoms with van der Waals surface area (Å²) in [5, 5.41) is 13.0. The van der Waals surface area contributed by atoms with Crippen LogP contribution in [0.25, 0.3) is 0 Å². The van der Waals surface area contributed by atoms with E-state index in [1.807, 2.05) is 0 Å². The minimum absolute atomic E-state index is 0.0851. The van der Waals surface area contributed by atoms with Crippen LogP contribution in [0.3, 0.4) is 0 Å². The molecule has 0 heterocycles. The molecule has 0 radical (unpaired) electrons. The van der Waals surface area contributed by atoms with Crippen molar-refractivity contribution in [2.45, 2.75) is 37.6 Å². The van der Waals surface area contributed by atoms with Crippen molar-refractivity contribution in [2.24, 2.45) is 0 Å². The fourth-order valence-corrected chi connectivity index (χ4v) is 3.40. The van der Waals surface area contributed by atoms with Crippen LogP contribution in [-0.4, -0.2) is 54.3 Å². The fourth-order valence-electron chi connectivity index (χ4n) is 3.27. The molecular weight excluding hydrogens is 352 g/mol. The minimum Gasteiger partial charge on any atom is -0.326 e. The molecule has 26 heavy (non-hydrogen) atoms. The number of nitriles is 1. The number of hydrogen-bond donors (Lipinski definition) is 1. The summed E-state index contributed by atoms with van der Waals surface area (Å²) in [4.78, 5) is 27.9. The van der Waals surface area contributed by atoms with Crippen LogP contribution in [0.4, 0.5) is 5.69 Å². The van der Waals surface area contributed by atoms with Crippen LogP contribution in [0.2, 0.25) is 5.02 Å². The SMILES string of the molecule is CN(CC(=O)Nc1ccc(Cl)cc1)CC(=O)N(C)C1(C#N)CCCCC1. The van der Waals surface area contributed by atoms with E-state index in [1.54, 1.807) is 48.2 Å². The van der Waals surface area contributed by atoms with Crippen LogP contribution >= 0.6 is 11.6 Å². The molecule has 0 spiro atoms. The second-order valence-corrected chi connectivity index (χ2v) is 7.32. The predicted octanol–water partition coefficient (Wildman–Crippen LogP) is 2.90. The smallest absolute Gasteiger partial charge is 0.238 e. The zero-order valence-corrected chi connectivity index (χ0v) is 16.1. The normalized spacial score (nSPS) is 16.0. The summed E-state index contributed by atoms with van der Waals surface area (Å²) in [6.07, 6.45) is 4.46. The lowest BCUT2D eigenvalue weighted by molar-refractivity contribution is -0.136. The first-order valence-corrected chi connectivity index (χ1v) is 9.16. The van der Waals surface area contributed by atoms with Crippen molar-refractivity contribution in [3.05, 3.63) is 29.3 Å². The van der Waals surface area contributed by atoms with Gasteiger partial charge in [-0.3, -0.25) is 14.5 Å². The topological polar surface area (TPSA) is 76.4 Å². The quantitative estimate of drug-likeness (QED) is 0.828. The molecule has 0 aromatic heterocycles. The summed E-state index contributed by atoms with van der Waals surface area (Å²) in [5.41, 5.74) is -0.0521. The number of rotatable bonds is 6. The first-order valence-electron chi connectivity index (χ1n) is 8.78. The lowest BCUT2D eigenvalue weighted by Gasteiger charge is -2.39. The largest absolute Gasteiger partial charge is 0.326 e. The molecule has 0 aliphatic heterocycles. The Labute approximate surface area is 159 Å². The van der Waals surface area contributed by atoms with Crippen LogP contribution in [0.5, 0.6) is 0 Å². The molecule has 1 aromatic rings. The summed E-state index contributed by atoms with van der Waals surface area (Å²) in [7, 11) is 3.41. The van der Waals surface area contributed by atoms with Crippen molar-refractivity contribution >= 4 is 29.1 Å². The Morgan fingerprint density at radius 1 is 1.15 bits per heavy atom. The molecule has 6 nitrogen and oxygen atoms in total. The number of amides is 2. The molecule has 1 saturated carbocycles. The number of hydrogen-bond acceptors (Lipinski definition) is 4. The first-order chi connectivity index (χ1) is 12.4. The van der Waals surface area contributed by atoms with Gasteiger partial charge in [0.05, 0.1) is 19.2 Å². The van der Waals surface area contributed by atoms with Gasteiger partial charge in [0.1, 0.15) is 5.54 Å². The van der Waals surface area contributed by atoms with Gasteiger partial charge in [-0.1, -0.05) is 30.9 Å². The monoisotopic (exact) mass is 376 g/mol. The Morgan fingerprint density at radius 2 is 1.77 bits per heavy atom. The number of benzene rings is 1. The highest BCUT2D eigenvalue weighted by molar-refractivity contribution is 6.30. The van der Waals surface area contributed by atoms with Gasteiger partial charge >= 0.3 is 0 Å². The van der Waals surface area contributed by atoms with Gasteiger partial charge in [0.2, 0.25) is 11.8 Å².